The molecule has 0 saturated carbocycles. The van der Waals surface area contributed by atoms with Gasteiger partial charge in [-0.25, -0.2) is 4.99 Å². The van der Waals surface area contributed by atoms with Crippen LogP contribution < -0.4 is 5.73 Å². The molecule has 0 bridgehead atoms. The zero-order valence-corrected chi connectivity index (χ0v) is 10.3. The van der Waals surface area contributed by atoms with Crippen molar-refractivity contribution in [2.45, 2.75) is 45.8 Å². The van der Waals surface area contributed by atoms with E-state index in [1.54, 1.807) is 0 Å². The molecule has 0 spiro atoms. The second kappa shape index (κ2) is 4.84. The number of guanidine groups is 1. The van der Waals surface area contributed by atoms with Crippen molar-refractivity contribution in [1.82, 2.24) is 4.90 Å². The molecule has 4 heteroatoms. The predicted octanol–water partition coefficient (Wildman–Crippen LogP) is 1.21. The lowest BCUT2D eigenvalue weighted by Gasteiger charge is -2.34. The third kappa shape index (κ3) is 4.08. The maximum atomic E-state index is 5.97. The van der Waals surface area contributed by atoms with Gasteiger partial charge in [0, 0.05) is 13.1 Å². The summed E-state index contributed by atoms with van der Waals surface area (Å²) in [5.41, 5.74) is 5.86. The third-order valence-electron chi connectivity index (χ3n) is 2.37. The molecule has 0 aromatic carbocycles. The first-order valence-electron chi connectivity index (χ1n) is 5.64. The summed E-state index contributed by atoms with van der Waals surface area (Å²) >= 11 is 0. The van der Waals surface area contributed by atoms with Gasteiger partial charge in [0.1, 0.15) is 0 Å². The van der Waals surface area contributed by atoms with Crippen LogP contribution in [-0.2, 0) is 4.74 Å². The highest BCUT2D eigenvalue weighted by Gasteiger charge is 2.21. The first-order valence-corrected chi connectivity index (χ1v) is 5.64. The van der Waals surface area contributed by atoms with Gasteiger partial charge in [-0.2, -0.15) is 0 Å². The van der Waals surface area contributed by atoms with Crippen molar-refractivity contribution in [2.75, 3.05) is 19.7 Å². The number of nitrogens with zero attached hydrogens (tertiary/aromatic N) is 2. The van der Waals surface area contributed by atoms with E-state index < -0.39 is 0 Å². The molecule has 2 N–H and O–H groups in total. The largest absolute Gasteiger partial charge is 0.375 e. The van der Waals surface area contributed by atoms with Crippen molar-refractivity contribution in [3.8, 4) is 0 Å². The van der Waals surface area contributed by atoms with Gasteiger partial charge in [0.15, 0.2) is 5.96 Å². The molecule has 1 saturated heterocycles. The molecule has 0 amide bonds. The lowest BCUT2D eigenvalue weighted by atomic mass is 10.1. The number of hydrogen-bond acceptors (Lipinski definition) is 2. The van der Waals surface area contributed by atoms with Gasteiger partial charge < -0.3 is 15.4 Å². The van der Waals surface area contributed by atoms with Crippen LogP contribution >= 0.6 is 0 Å². The normalized spacial score (nSPS) is 24.4. The van der Waals surface area contributed by atoms with Gasteiger partial charge in [0.25, 0.3) is 0 Å². The summed E-state index contributed by atoms with van der Waals surface area (Å²) in [6.07, 6.45) is 1.33. The summed E-state index contributed by atoms with van der Waals surface area (Å²) in [4.78, 5) is 6.58. The summed E-state index contributed by atoms with van der Waals surface area (Å²) in [5.74, 6) is 0.643. The maximum Gasteiger partial charge on any atom is 0.191 e. The Kier molecular flexibility index (Phi) is 3.97. The molecule has 1 heterocycles. The average molecular weight is 213 g/mol. The zero-order valence-electron chi connectivity index (χ0n) is 10.3. The number of aliphatic imine (C=N–C) groups is 1. The Morgan fingerprint density at radius 3 is 2.73 bits per heavy atom. The topological polar surface area (TPSA) is 50.8 Å². The fourth-order valence-corrected chi connectivity index (χ4v) is 1.59. The van der Waals surface area contributed by atoms with Crippen molar-refractivity contribution in [1.29, 1.82) is 0 Å². The molecular weight excluding hydrogens is 190 g/mol. The molecule has 88 valence electrons. The van der Waals surface area contributed by atoms with Crippen LogP contribution in [-0.4, -0.2) is 42.2 Å². The number of ether oxygens (including phenoxy) is 1. The SMILES string of the molecule is CCC1CN(C(N)=NC(C)(C)C)CCO1. The van der Waals surface area contributed by atoms with Crippen LogP contribution in [0.3, 0.4) is 0 Å². The molecule has 0 aliphatic carbocycles. The van der Waals surface area contributed by atoms with Gasteiger partial charge in [-0.15, -0.1) is 0 Å². The molecule has 1 fully saturated rings. The summed E-state index contributed by atoms with van der Waals surface area (Å²) in [5, 5.41) is 0. The third-order valence-corrected chi connectivity index (χ3v) is 2.37. The van der Waals surface area contributed by atoms with Crippen LogP contribution in [0.5, 0.6) is 0 Å². The first kappa shape index (κ1) is 12.3. The van der Waals surface area contributed by atoms with Gasteiger partial charge in [-0.05, 0) is 27.2 Å². The van der Waals surface area contributed by atoms with E-state index in [0.717, 1.165) is 26.1 Å². The fraction of sp³-hybridized carbons (Fsp3) is 0.909. The molecule has 0 aromatic rings. The van der Waals surface area contributed by atoms with E-state index in [1.165, 1.54) is 0 Å². The predicted molar refractivity (Wildman–Crippen MR) is 63.0 cm³/mol. The van der Waals surface area contributed by atoms with Crippen molar-refractivity contribution < 1.29 is 4.74 Å². The number of hydrogen-bond donors (Lipinski definition) is 1. The highest BCUT2D eigenvalue weighted by molar-refractivity contribution is 5.78. The van der Waals surface area contributed by atoms with Crippen LogP contribution in [0.1, 0.15) is 34.1 Å². The highest BCUT2D eigenvalue weighted by Crippen LogP contribution is 2.11. The molecule has 1 atom stereocenters. The fourth-order valence-electron chi connectivity index (χ4n) is 1.59. The second-order valence-electron chi connectivity index (χ2n) is 4.99. The summed E-state index contributed by atoms with van der Waals surface area (Å²) in [7, 11) is 0. The summed E-state index contributed by atoms with van der Waals surface area (Å²) in [6, 6.07) is 0. The van der Waals surface area contributed by atoms with Crippen LogP contribution in [0.25, 0.3) is 0 Å². The van der Waals surface area contributed by atoms with E-state index in [9.17, 15) is 0 Å². The molecule has 0 radical (unpaired) electrons. The quantitative estimate of drug-likeness (QED) is 0.526. The number of rotatable bonds is 1. The Balaban J connectivity index is 2.59. The number of morpholine rings is 1. The Hall–Kier alpha value is -0.770. The minimum Gasteiger partial charge on any atom is -0.375 e. The monoisotopic (exact) mass is 213 g/mol. The van der Waals surface area contributed by atoms with Crippen LogP contribution in [0.2, 0.25) is 0 Å². The Morgan fingerprint density at radius 1 is 1.53 bits per heavy atom. The molecule has 1 rings (SSSR count). The van der Waals surface area contributed by atoms with Gasteiger partial charge in [-0.1, -0.05) is 6.92 Å². The minimum atomic E-state index is -0.107. The van der Waals surface area contributed by atoms with Crippen molar-refractivity contribution in [3.05, 3.63) is 0 Å². The zero-order chi connectivity index (χ0) is 11.5. The molecule has 1 aliphatic heterocycles. The Labute approximate surface area is 92.5 Å². The number of nitrogens with two attached hydrogens (primary N) is 1. The standard InChI is InChI=1S/C11H23N3O/c1-5-9-8-14(6-7-15-9)10(12)13-11(2,3)4/h9H,5-8H2,1-4H3,(H2,12,13). The van der Waals surface area contributed by atoms with Crippen molar-refractivity contribution in [3.63, 3.8) is 0 Å². The van der Waals surface area contributed by atoms with Crippen LogP contribution in [0.15, 0.2) is 4.99 Å². The Bertz CT molecular complexity index is 232. The van der Waals surface area contributed by atoms with Crippen LogP contribution in [0, 0.1) is 0 Å². The highest BCUT2D eigenvalue weighted by atomic mass is 16.5. The van der Waals surface area contributed by atoms with Crippen molar-refractivity contribution >= 4 is 5.96 Å². The lowest BCUT2D eigenvalue weighted by Crippen LogP contribution is -2.49. The first-order chi connectivity index (χ1) is 6.92. The lowest BCUT2D eigenvalue weighted by molar-refractivity contribution is -0.00759. The summed E-state index contributed by atoms with van der Waals surface area (Å²) in [6.45, 7) is 10.8. The van der Waals surface area contributed by atoms with E-state index in [1.807, 2.05) is 0 Å². The molecule has 1 aliphatic rings. The minimum absolute atomic E-state index is 0.107. The van der Waals surface area contributed by atoms with E-state index in [0.29, 0.717) is 12.1 Å². The van der Waals surface area contributed by atoms with E-state index >= 15 is 0 Å². The average Bonchev–Trinajstić information content (AvgIpc) is 2.15. The Morgan fingerprint density at radius 2 is 2.20 bits per heavy atom. The molecular formula is C11H23N3O. The molecule has 0 aromatic heterocycles. The van der Waals surface area contributed by atoms with Crippen molar-refractivity contribution in [2.24, 2.45) is 10.7 Å². The van der Waals surface area contributed by atoms with Gasteiger partial charge in [0.2, 0.25) is 0 Å². The maximum absolute atomic E-state index is 5.97. The van der Waals surface area contributed by atoms with Gasteiger partial charge in [0.05, 0.1) is 18.2 Å². The van der Waals surface area contributed by atoms with Crippen LogP contribution in [0.4, 0.5) is 0 Å². The van der Waals surface area contributed by atoms with E-state index in [-0.39, 0.29) is 5.54 Å². The molecule has 4 nitrogen and oxygen atoms in total. The van der Waals surface area contributed by atoms with Gasteiger partial charge >= 0.3 is 0 Å². The smallest absolute Gasteiger partial charge is 0.191 e. The van der Waals surface area contributed by atoms with Gasteiger partial charge in [-0.3, -0.25) is 0 Å². The molecule has 1 unspecified atom stereocenters. The second-order valence-corrected chi connectivity index (χ2v) is 4.99. The summed E-state index contributed by atoms with van der Waals surface area (Å²) < 4.78 is 5.59. The van der Waals surface area contributed by atoms with E-state index in [4.69, 9.17) is 10.5 Å². The molecule has 15 heavy (non-hydrogen) atoms. The van der Waals surface area contributed by atoms with E-state index in [2.05, 4.69) is 37.6 Å².